The van der Waals surface area contributed by atoms with Crippen LogP contribution < -0.4 is 0 Å². The van der Waals surface area contributed by atoms with Crippen molar-refractivity contribution in [2.24, 2.45) is 23.2 Å². The zero-order valence-corrected chi connectivity index (χ0v) is 13.3. The van der Waals surface area contributed by atoms with Crippen LogP contribution >= 0.6 is 23.2 Å². The smallest absolute Gasteiger partial charge is 0.310 e. The summed E-state index contributed by atoms with van der Waals surface area (Å²) in [6.07, 6.45) is 4.61. The topological polar surface area (TPSA) is 26.3 Å². The van der Waals surface area contributed by atoms with Gasteiger partial charge in [0.2, 0.25) is 0 Å². The van der Waals surface area contributed by atoms with Crippen molar-refractivity contribution in [2.75, 3.05) is 0 Å². The van der Waals surface area contributed by atoms with Crippen LogP contribution in [0.1, 0.15) is 34.1 Å². The highest BCUT2D eigenvalue weighted by Crippen LogP contribution is 2.60. The van der Waals surface area contributed by atoms with Crippen LogP contribution in [0.4, 0.5) is 0 Å². The SMILES string of the molecule is CC1=CC(OC(=O)C2C(C=C(Cl)Cl)C2(C)C)CC1C. The zero-order chi connectivity index (χ0) is 14.4. The van der Waals surface area contributed by atoms with Gasteiger partial charge in [-0.15, -0.1) is 0 Å². The van der Waals surface area contributed by atoms with Gasteiger partial charge in [0.05, 0.1) is 5.92 Å². The predicted octanol–water partition coefficient (Wildman–Crippen LogP) is 4.48. The van der Waals surface area contributed by atoms with E-state index in [-0.39, 0.29) is 33.8 Å². The summed E-state index contributed by atoms with van der Waals surface area (Å²) in [7, 11) is 0. The summed E-state index contributed by atoms with van der Waals surface area (Å²) in [5.74, 6) is 0.306. The first-order chi connectivity index (χ1) is 8.73. The summed E-state index contributed by atoms with van der Waals surface area (Å²) in [4.78, 5) is 12.2. The molecular weight excluding hydrogens is 283 g/mol. The second-order valence-electron chi connectivity index (χ2n) is 6.30. The van der Waals surface area contributed by atoms with Crippen molar-refractivity contribution in [1.29, 1.82) is 0 Å². The van der Waals surface area contributed by atoms with Crippen molar-refractivity contribution >= 4 is 29.2 Å². The molecule has 0 amide bonds. The monoisotopic (exact) mass is 302 g/mol. The Kier molecular flexibility index (Phi) is 4.04. The molecule has 4 heteroatoms. The molecule has 1 saturated carbocycles. The van der Waals surface area contributed by atoms with E-state index in [1.165, 1.54) is 5.57 Å². The van der Waals surface area contributed by atoms with Crippen molar-refractivity contribution in [3.63, 3.8) is 0 Å². The van der Waals surface area contributed by atoms with E-state index in [4.69, 9.17) is 27.9 Å². The summed E-state index contributed by atoms with van der Waals surface area (Å²) < 4.78 is 5.81. The number of rotatable bonds is 3. The van der Waals surface area contributed by atoms with Gasteiger partial charge in [0.15, 0.2) is 0 Å². The third-order valence-corrected chi connectivity index (χ3v) is 4.80. The number of halogens is 2. The lowest BCUT2D eigenvalue weighted by molar-refractivity contribution is -0.149. The van der Waals surface area contributed by atoms with Crippen molar-refractivity contribution < 1.29 is 9.53 Å². The first-order valence-corrected chi connectivity index (χ1v) is 7.40. The summed E-state index contributed by atoms with van der Waals surface area (Å²) >= 11 is 11.4. The fourth-order valence-electron chi connectivity index (χ4n) is 2.94. The summed E-state index contributed by atoms with van der Waals surface area (Å²) in [5.41, 5.74) is 1.18. The minimum atomic E-state index is -0.135. The fraction of sp³-hybridized carbons (Fsp3) is 0.667. The predicted molar refractivity (Wildman–Crippen MR) is 78.0 cm³/mol. The lowest BCUT2D eigenvalue weighted by atomic mass is 10.1. The molecule has 0 aromatic carbocycles. The molecule has 4 atom stereocenters. The zero-order valence-electron chi connectivity index (χ0n) is 11.7. The maximum Gasteiger partial charge on any atom is 0.310 e. The lowest BCUT2D eigenvalue weighted by Crippen LogP contribution is -2.18. The molecule has 0 radical (unpaired) electrons. The Balaban J connectivity index is 1.97. The molecule has 2 aliphatic carbocycles. The highest BCUT2D eigenvalue weighted by atomic mass is 35.5. The molecule has 0 heterocycles. The highest BCUT2D eigenvalue weighted by molar-refractivity contribution is 6.55. The number of hydrogen-bond acceptors (Lipinski definition) is 2. The number of carbonyl (C=O) groups is 1. The van der Waals surface area contributed by atoms with E-state index in [1.807, 2.05) is 13.8 Å². The first-order valence-electron chi connectivity index (χ1n) is 6.65. The van der Waals surface area contributed by atoms with Gasteiger partial charge in [-0.3, -0.25) is 4.79 Å². The van der Waals surface area contributed by atoms with Crippen LogP contribution in [-0.4, -0.2) is 12.1 Å². The average Bonchev–Trinajstić information content (AvgIpc) is 2.62. The molecule has 0 bridgehead atoms. The molecule has 2 rings (SSSR count). The number of esters is 1. The van der Waals surface area contributed by atoms with Gasteiger partial charge in [-0.2, -0.15) is 0 Å². The summed E-state index contributed by atoms with van der Waals surface area (Å²) in [5, 5.41) is 0. The highest BCUT2D eigenvalue weighted by Gasteiger charge is 2.61. The molecule has 0 spiro atoms. The van der Waals surface area contributed by atoms with E-state index in [9.17, 15) is 4.79 Å². The molecule has 4 unspecified atom stereocenters. The van der Waals surface area contributed by atoms with Gasteiger partial charge in [-0.25, -0.2) is 0 Å². The van der Waals surface area contributed by atoms with Crippen molar-refractivity contribution in [3.05, 3.63) is 22.2 Å². The van der Waals surface area contributed by atoms with Crippen molar-refractivity contribution in [2.45, 2.75) is 40.2 Å². The fourth-order valence-corrected chi connectivity index (χ4v) is 3.21. The van der Waals surface area contributed by atoms with E-state index in [1.54, 1.807) is 6.08 Å². The van der Waals surface area contributed by atoms with Crippen LogP contribution in [0.3, 0.4) is 0 Å². The summed E-state index contributed by atoms with van der Waals surface area (Å²) in [6.45, 7) is 8.31. The minimum Gasteiger partial charge on any atom is -0.458 e. The third kappa shape index (κ3) is 3.00. The molecule has 1 fully saturated rings. The normalized spacial score (nSPS) is 35.6. The van der Waals surface area contributed by atoms with Crippen LogP contribution in [0.15, 0.2) is 22.2 Å². The number of ether oxygens (including phenoxy) is 1. The summed E-state index contributed by atoms with van der Waals surface area (Å²) in [6, 6.07) is 0. The van der Waals surface area contributed by atoms with Gasteiger partial charge in [0, 0.05) is 0 Å². The van der Waals surface area contributed by atoms with Gasteiger partial charge in [-0.1, -0.05) is 49.5 Å². The Morgan fingerprint density at radius 3 is 2.58 bits per heavy atom. The van der Waals surface area contributed by atoms with Gasteiger partial charge in [0.1, 0.15) is 10.6 Å². The Morgan fingerprint density at radius 2 is 2.11 bits per heavy atom. The standard InChI is InChI=1S/C15H20Cl2O2/c1-8-5-10(6-9(8)2)19-14(18)13-11(7-12(16)17)15(13,3)4/h5,7,9-11,13H,6H2,1-4H3. The van der Waals surface area contributed by atoms with Crippen LogP contribution in [0.5, 0.6) is 0 Å². The Bertz CT molecular complexity index is 447. The Labute approximate surface area is 124 Å². The second-order valence-corrected chi connectivity index (χ2v) is 7.31. The molecule has 0 aromatic rings. The molecule has 0 aliphatic heterocycles. The largest absolute Gasteiger partial charge is 0.458 e. The average molecular weight is 303 g/mol. The lowest BCUT2D eigenvalue weighted by Gasteiger charge is -2.12. The Morgan fingerprint density at radius 1 is 1.47 bits per heavy atom. The molecule has 19 heavy (non-hydrogen) atoms. The van der Waals surface area contributed by atoms with Crippen LogP contribution in [0.25, 0.3) is 0 Å². The van der Waals surface area contributed by atoms with E-state index >= 15 is 0 Å². The number of allylic oxidation sites excluding steroid dienone is 2. The van der Waals surface area contributed by atoms with E-state index < -0.39 is 0 Å². The van der Waals surface area contributed by atoms with E-state index in [0.717, 1.165) is 6.42 Å². The van der Waals surface area contributed by atoms with Crippen molar-refractivity contribution in [3.8, 4) is 0 Å². The van der Waals surface area contributed by atoms with Gasteiger partial charge in [-0.05, 0) is 42.7 Å². The second kappa shape index (κ2) is 5.14. The van der Waals surface area contributed by atoms with Crippen molar-refractivity contribution in [1.82, 2.24) is 0 Å². The molecular formula is C15H20Cl2O2. The van der Waals surface area contributed by atoms with Crippen LogP contribution in [-0.2, 0) is 9.53 Å². The molecule has 0 N–H and O–H groups in total. The van der Waals surface area contributed by atoms with Crippen LogP contribution in [0.2, 0.25) is 0 Å². The maximum atomic E-state index is 12.2. The Hall–Kier alpha value is -0.470. The maximum absolute atomic E-state index is 12.2. The third-order valence-electron chi connectivity index (χ3n) is 4.55. The molecule has 0 saturated heterocycles. The number of hydrogen-bond donors (Lipinski definition) is 0. The minimum absolute atomic E-state index is 0.0741. The molecule has 2 nitrogen and oxygen atoms in total. The van der Waals surface area contributed by atoms with Gasteiger partial charge >= 0.3 is 5.97 Å². The first kappa shape index (κ1) is 14.9. The quantitative estimate of drug-likeness (QED) is 0.568. The van der Waals surface area contributed by atoms with E-state index in [0.29, 0.717) is 5.92 Å². The van der Waals surface area contributed by atoms with Gasteiger partial charge < -0.3 is 4.74 Å². The van der Waals surface area contributed by atoms with E-state index in [2.05, 4.69) is 19.9 Å². The molecule has 0 aromatic heterocycles. The van der Waals surface area contributed by atoms with Crippen LogP contribution in [0, 0.1) is 23.2 Å². The molecule has 106 valence electrons. The van der Waals surface area contributed by atoms with Gasteiger partial charge in [0.25, 0.3) is 0 Å². The number of carbonyl (C=O) groups excluding carboxylic acids is 1. The molecule has 2 aliphatic rings.